The number of nitrogens with two attached hydrogens (primary N) is 1. The molecule has 116 valence electrons. The van der Waals surface area contributed by atoms with Crippen molar-refractivity contribution in [1.82, 2.24) is 4.98 Å². The zero-order valence-electron chi connectivity index (χ0n) is 10.5. The quantitative estimate of drug-likeness (QED) is 0.778. The van der Waals surface area contributed by atoms with Crippen molar-refractivity contribution in [2.24, 2.45) is 5.73 Å². The van der Waals surface area contributed by atoms with Gasteiger partial charge in [-0.1, -0.05) is 0 Å². The largest absolute Gasteiger partial charge is 0.503 e. The lowest BCUT2D eigenvalue weighted by Crippen LogP contribution is -2.24. The number of nitrogens with zero attached hydrogens (tertiary/aromatic N) is 2. The summed E-state index contributed by atoms with van der Waals surface area (Å²) in [7, 11) is -5.44. The van der Waals surface area contributed by atoms with E-state index in [2.05, 4.69) is 23.3 Å². The van der Waals surface area contributed by atoms with Crippen LogP contribution in [0.25, 0.3) is 0 Å². The maximum Gasteiger partial charge on any atom is 0.503 e. The molecule has 2 N–H and O–H groups in total. The summed E-state index contributed by atoms with van der Waals surface area (Å²) in [4.78, 5) is 12.6. The van der Waals surface area contributed by atoms with Gasteiger partial charge in [-0.15, -0.1) is 0 Å². The van der Waals surface area contributed by atoms with Crippen LogP contribution in [0.2, 0.25) is 0 Å². The van der Waals surface area contributed by atoms with Crippen molar-refractivity contribution in [1.29, 1.82) is 5.26 Å². The van der Waals surface area contributed by atoms with Gasteiger partial charge in [-0.2, -0.15) is 31.1 Å². The molecule has 11 heteroatoms. The van der Waals surface area contributed by atoms with Gasteiger partial charge in [-0.3, -0.25) is 4.79 Å². The van der Waals surface area contributed by atoms with E-state index in [1.807, 2.05) is 0 Å². The number of nitriles is 1. The second kappa shape index (κ2) is 7.28. The van der Waals surface area contributed by atoms with Crippen molar-refractivity contribution in [3.8, 4) is 6.07 Å². The number of rotatable bonds is 2. The van der Waals surface area contributed by atoms with Crippen molar-refractivity contribution in [2.45, 2.75) is 17.5 Å². The molecule has 1 aromatic heterocycles. The van der Waals surface area contributed by atoms with Gasteiger partial charge in [0.2, 0.25) is 5.91 Å². The molecule has 1 heterocycles. The summed E-state index contributed by atoms with van der Waals surface area (Å²) in [6.45, 7) is 1.33. The van der Waals surface area contributed by atoms with Gasteiger partial charge >= 0.3 is 5.51 Å². The summed E-state index contributed by atoms with van der Waals surface area (Å²) in [6, 6.07) is 2.40. The van der Waals surface area contributed by atoms with E-state index in [1.54, 1.807) is 6.07 Å². The third kappa shape index (κ3) is 5.24. The molecule has 0 unspecified atom stereocenters. The smallest absolute Gasteiger partial charge is 0.369 e. The fraction of sp³-hybridized carbons (Fsp3) is 0.300. The summed E-state index contributed by atoms with van der Waals surface area (Å²) in [6.07, 6.45) is 0.800. The first-order valence-corrected chi connectivity index (χ1v) is 7.16. The molecular formula is C10H10F3N3O3S2. The van der Waals surface area contributed by atoms with Gasteiger partial charge in [0.1, 0.15) is 6.07 Å². The van der Waals surface area contributed by atoms with Crippen LogP contribution in [-0.4, -0.2) is 30.6 Å². The molecule has 0 bridgehead atoms. The maximum atomic E-state index is 12.1. The first kappa shape index (κ1) is 19.2. The second-order valence-corrected chi connectivity index (χ2v) is 5.73. The van der Waals surface area contributed by atoms with Crippen molar-refractivity contribution >= 4 is 28.4 Å². The molecule has 21 heavy (non-hydrogen) atoms. The van der Waals surface area contributed by atoms with Crippen LogP contribution in [0.5, 0.6) is 0 Å². The Hall–Kier alpha value is -1.80. The Morgan fingerprint density at radius 1 is 1.52 bits per heavy atom. The fourth-order valence-electron chi connectivity index (χ4n) is 0.913. The molecule has 1 aromatic rings. The molecule has 0 atom stereocenters. The highest BCUT2D eigenvalue weighted by Crippen LogP contribution is 2.29. The van der Waals surface area contributed by atoms with E-state index >= 15 is 0 Å². The number of pyridine rings is 1. The summed E-state index contributed by atoms with van der Waals surface area (Å²) < 4.78 is 58.3. The number of thiol groups is 1. The normalized spacial score (nSPS) is 11.0. The highest BCUT2D eigenvalue weighted by molar-refractivity contribution is 7.92. The number of hydrogen-bond donors (Lipinski definition) is 2. The molecule has 0 aliphatic rings. The monoisotopic (exact) mass is 341 g/mol. The zero-order valence-corrected chi connectivity index (χ0v) is 12.3. The minimum atomic E-state index is -5.44. The standard InChI is InChI=1S/C8H5F3N2O2S.C2H5NOS/c1-5-2-7(13-4-6(5)3-12)16(14,15)8(9,10)11;3-2(4)1-5/h2,4H,1H3;5H,1H2,(H2,3,4). The highest BCUT2D eigenvalue weighted by Gasteiger charge is 2.48. The van der Waals surface area contributed by atoms with E-state index in [0.717, 1.165) is 12.3 Å². The number of alkyl halides is 3. The Bertz CT molecular complexity index is 666. The van der Waals surface area contributed by atoms with Gasteiger partial charge in [-0.25, -0.2) is 13.4 Å². The lowest BCUT2D eigenvalue weighted by molar-refractivity contribution is -0.115. The van der Waals surface area contributed by atoms with Gasteiger partial charge in [0.25, 0.3) is 9.84 Å². The van der Waals surface area contributed by atoms with Crippen molar-refractivity contribution < 1.29 is 26.4 Å². The topological polar surface area (TPSA) is 114 Å². The van der Waals surface area contributed by atoms with E-state index in [-0.39, 0.29) is 22.8 Å². The molecule has 0 aliphatic carbocycles. The summed E-state index contributed by atoms with van der Waals surface area (Å²) in [5.74, 6) is -0.242. The van der Waals surface area contributed by atoms with E-state index in [9.17, 15) is 26.4 Å². The molecule has 0 spiro atoms. The minimum absolute atomic E-state index is 0.0288. The fourth-order valence-corrected chi connectivity index (χ4v) is 1.67. The van der Waals surface area contributed by atoms with Crippen LogP contribution >= 0.6 is 12.6 Å². The van der Waals surface area contributed by atoms with Crippen molar-refractivity contribution in [2.75, 3.05) is 5.75 Å². The lowest BCUT2D eigenvalue weighted by atomic mass is 10.2. The van der Waals surface area contributed by atoms with E-state index in [0.29, 0.717) is 0 Å². The summed E-state index contributed by atoms with van der Waals surface area (Å²) in [5.41, 5.74) is -0.658. The highest BCUT2D eigenvalue weighted by atomic mass is 32.2. The van der Waals surface area contributed by atoms with Gasteiger partial charge in [-0.05, 0) is 18.6 Å². The summed E-state index contributed by atoms with van der Waals surface area (Å²) in [5, 5.41) is 7.41. The number of carbonyl (C=O) groups excluding carboxylic acids is 1. The third-order valence-electron chi connectivity index (χ3n) is 1.94. The average molecular weight is 341 g/mol. The van der Waals surface area contributed by atoms with E-state index in [1.165, 1.54) is 6.92 Å². The van der Waals surface area contributed by atoms with Crippen LogP contribution in [0.4, 0.5) is 13.2 Å². The van der Waals surface area contributed by atoms with Crippen LogP contribution in [0, 0.1) is 18.3 Å². The number of primary amides is 1. The van der Waals surface area contributed by atoms with E-state index in [4.69, 9.17) is 5.26 Å². The SMILES string of the molecule is Cc1cc(S(=O)(=O)C(F)(F)F)ncc1C#N.NC(=O)CS. The number of aryl methyl sites for hydroxylation is 1. The molecule has 1 amide bonds. The predicted octanol–water partition coefficient (Wildman–Crippen LogP) is 0.957. The van der Waals surface area contributed by atoms with Crippen LogP contribution < -0.4 is 5.73 Å². The third-order valence-corrected chi connectivity index (χ3v) is 3.64. The molecule has 6 nitrogen and oxygen atoms in total. The van der Waals surface area contributed by atoms with Crippen molar-refractivity contribution in [3.63, 3.8) is 0 Å². The van der Waals surface area contributed by atoms with Crippen molar-refractivity contribution in [3.05, 3.63) is 23.4 Å². The molecule has 0 fully saturated rings. The first-order chi connectivity index (χ1) is 9.47. The summed E-state index contributed by atoms with van der Waals surface area (Å²) >= 11 is 3.54. The molecule has 0 aromatic carbocycles. The van der Waals surface area contributed by atoms with Gasteiger partial charge in [0.05, 0.1) is 11.3 Å². The maximum absolute atomic E-state index is 12.1. The molecular weight excluding hydrogens is 331 g/mol. The lowest BCUT2D eigenvalue weighted by Gasteiger charge is -2.07. The Morgan fingerprint density at radius 3 is 2.29 bits per heavy atom. The van der Waals surface area contributed by atoms with Gasteiger partial charge < -0.3 is 5.73 Å². The Labute approximate surface area is 124 Å². The zero-order chi connectivity index (χ0) is 16.8. The predicted molar refractivity (Wildman–Crippen MR) is 70.0 cm³/mol. The Kier molecular flexibility index (Phi) is 6.65. The average Bonchev–Trinajstić information content (AvgIpc) is 2.37. The van der Waals surface area contributed by atoms with Crippen LogP contribution in [0.15, 0.2) is 17.3 Å². The molecule has 0 saturated carbocycles. The minimum Gasteiger partial charge on any atom is -0.369 e. The number of amides is 1. The molecule has 0 radical (unpaired) electrons. The Morgan fingerprint density at radius 2 is 2.00 bits per heavy atom. The Balaban J connectivity index is 0.000000690. The number of carbonyl (C=O) groups is 1. The molecule has 0 aliphatic heterocycles. The molecule has 0 saturated heterocycles. The number of hydrogen-bond acceptors (Lipinski definition) is 6. The van der Waals surface area contributed by atoms with Crippen LogP contribution in [-0.2, 0) is 14.6 Å². The second-order valence-electron chi connectivity index (χ2n) is 3.52. The van der Waals surface area contributed by atoms with E-state index < -0.39 is 20.4 Å². The van der Waals surface area contributed by atoms with Crippen LogP contribution in [0.1, 0.15) is 11.1 Å². The number of aromatic nitrogens is 1. The number of sulfone groups is 1. The molecule has 1 rings (SSSR count). The first-order valence-electron chi connectivity index (χ1n) is 5.04. The van der Waals surface area contributed by atoms with Gasteiger partial charge in [0.15, 0.2) is 5.03 Å². The van der Waals surface area contributed by atoms with Gasteiger partial charge in [0, 0.05) is 6.20 Å². The number of halogens is 3. The van der Waals surface area contributed by atoms with Crippen LogP contribution in [0.3, 0.4) is 0 Å².